The molecule has 2 bridgehead atoms. The molecule has 6 rings (SSSR count). The molecule has 3 aliphatic rings. The molecule has 0 unspecified atom stereocenters. The lowest BCUT2D eigenvalue weighted by Crippen LogP contribution is -2.50. The average molecular weight is 421 g/mol. The van der Waals surface area contributed by atoms with Crippen molar-refractivity contribution in [3.63, 3.8) is 0 Å². The number of piperidine rings is 1. The first-order valence-corrected chi connectivity index (χ1v) is 10.9. The zero-order chi connectivity index (χ0) is 20.9. The van der Waals surface area contributed by atoms with Crippen molar-refractivity contribution < 1.29 is 9.50 Å². The highest BCUT2D eigenvalue weighted by atomic mass is 19.1. The van der Waals surface area contributed by atoms with Crippen molar-refractivity contribution >= 4 is 5.95 Å². The minimum Gasteiger partial charge on any atom is -0.507 e. The SMILES string of the molecule is Oc1cc(-c2cn[nH]c2)ccc1-c1cnc(N(C2CC2)[C@H]2C[C@@H]3C[C@H](F)[C@H](C2)N3)nn1. The van der Waals surface area contributed by atoms with Gasteiger partial charge in [0.15, 0.2) is 0 Å². The molecule has 1 aliphatic carbocycles. The van der Waals surface area contributed by atoms with Gasteiger partial charge >= 0.3 is 0 Å². The Morgan fingerprint density at radius 2 is 1.94 bits per heavy atom. The topological polar surface area (TPSA) is 103 Å². The first kappa shape index (κ1) is 18.7. The zero-order valence-electron chi connectivity index (χ0n) is 16.9. The van der Waals surface area contributed by atoms with Crippen LogP contribution in [0, 0.1) is 0 Å². The van der Waals surface area contributed by atoms with Gasteiger partial charge in [0.1, 0.15) is 17.6 Å². The number of hydrogen-bond acceptors (Lipinski definition) is 7. The lowest BCUT2D eigenvalue weighted by molar-refractivity contribution is 0.271. The van der Waals surface area contributed by atoms with Crippen LogP contribution in [0.3, 0.4) is 0 Å². The van der Waals surface area contributed by atoms with Gasteiger partial charge in [-0.05, 0) is 49.8 Å². The number of nitrogens with one attached hydrogen (secondary N) is 2. The quantitative estimate of drug-likeness (QED) is 0.582. The summed E-state index contributed by atoms with van der Waals surface area (Å²) in [5.41, 5.74) is 2.86. The number of aromatic nitrogens is 5. The maximum atomic E-state index is 14.2. The lowest BCUT2D eigenvalue weighted by Gasteiger charge is -2.37. The largest absolute Gasteiger partial charge is 0.507 e. The van der Waals surface area contributed by atoms with Crippen molar-refractivity contribution in [2.45, 2.75) is 62.4 Å². The molecule has 3 aromatic rings. The maximum absolute atomic E-state index is 14.2. The van der Waals surface area contributed by atoms with Gasteiger partial charge in [0, 0.05) is 41.5 Å². The van der Waals surface area contributed by atoms with Gasteiger partial charge < -0.3 is 15.3 Å². The van der Waals surface area contributed by atoms with Crippen molar-refractivity contribution in [2.75, 3.05) is 4.90 Å². The Morgan fingerprint density at radius 3 is 2.61 bits per heavy atom. The van der Waals surface area contributed by atoms with Crippen molar-refractivity contribution in [3.05, 3.63) is 36.8 Å². The second kappa shape index (κ2) is 7.26. The van der Waals surface area contributed by atoms with Crippen molar-refractivity contribution in [2.24, 2.45) is 0 Å². The predicted octanol–water partition coefficient (Wildman–Crippen LogP) is 2.83. The number of anilines is 1. The molecular weight excluding hydrogens is 397 g/mol. The summed E-state index contributed by atoms with van der Waals surface area (Å²) in [4.78, 5) is 6.87. The van der Waals surface area contributed by atoms with Gasteiger partial charge in [0.2, 0.25) is 5.95 Å². The first-order valence-electron chi connectivity index (χ1n) is 10.9. The number of alkyl halides is 1. The second-order valence-corrected chi connectivity index (χ2v) is 8.85. The average Bonchev–Trinajstić information content (AvgIpc) is 3.37. The van der Waals surface area contributed by atoms with Gasteiger partial charge in [0.25, 0.3) is 0 Å². The van der Waals surface area contributed by atoms with Gasteiger partial charge in [0.05, 0.1) is 12.4 Å². The Kier molecular flexibility index (Phi) is 4.38. The zero-order valence-corrected chi connectivity index (χ0v) is 16.9. The number of aromatic amines is 1. The summed E-state index contributed by atoms with van der Waals surface area (Å²) in [6.45, 7) is 0. The third-order valence-corrected chi connectivity index (χ3v) is 6.70. The number of aromatic hydroxyl groups is 1. The van der Waals surface area contributed by atoms with Crippen molar-refractivity contribution in [1.29, 1.82) is 0 Å². The maximum Gasteiger partial charge on any atom is 0.245 e. The Bertz CT molecular complexity index is 1070. The minimum absolute atomic E-state index is 0.0667. The number of fused-ring (bicyclic) bond motifs is 2. The van der Waals surface area contributed by atoms with E-state index in [0.29, 0.717) is 29.7 Å². The molecule has 3 fully saturated rings. The molecular formula is C22H24FN7O. The summed E-state index contributed by atoms with van der Waals surface area (Å²) in [6.07, 6.45) is 8.89. The molecule has 2 aliphatic heterocycles. The Labute approximate surface area is 178 Å². The van der Waals surface area contributed by atoms with Crippen LogP contribution in [-0.2, 0) is 0 Å². The van der Waals surface area contributed by atoms with E-state index >= 15 is 0 Å². The summed E-state index contributed by atoms with van der Waals surface area (Å²) in [5, 5.41) is 29.4. The molecule has 31 heavy (non-hydrogen) atoms. The van der Waals surface area contributed by atoms with Crippen LogP contribution in [0.15, 0.2) is 36.8 Å². The summed E-state index contributed by atoms with van der Waals surface area (Å²) in [5.74, 6) is 0.716. The number of rotatable bonds is 5. The fourth-order valence-corrected chi connectivity index (χ4v) is 5.06. The lowest BCUT2D eigenvalue weighted by atomic mass is 9.98. The standard InChI is InChI=1S/C22H24FN7O/c23-18-7-14-6-16(8-19(18)27-14)30(15-2-3-15)22-24-11-20(28-29-22)17-4-1-12(5-21(17)31)13-9-25-26-10-13/h1,4-5,9-11,14-16,18-19,27,31H,2-3,6-8H2,(H,25,26)/t14-,16+,18+,19+/m1/s1. The van der Waals surface area contributed by atoms with Crippen LogP contribution in [0.4, 0.5) is 10.3 Å². The number of phenolic OH excluding ortho intramolecular Hbond substituents is 1. The van der Waals surface area contributed by atoms with Crippen molar-refractivity contribution in [3.8, 4) is 28.1 Å². The molecule has 2 aromatic heterocycles. The highest BCUT2D eigenvalue weighted by Crippen LogP contribution is 2.39. The van der Waals surface area contributed by atoms with E-state index in [0.717, 1.165) is 36.8 Å². The number of hydrogen-bond donors (Lipinski definition) is 3. The molecule has 9 heteroatoms. The van der Waals surface area contributed by atoms with Gasteiger partial charge in [-0.1, -0.05) is 6.07 Å². The molecule has 4 heterocycles. The van der Waals surface area contributed by atoms with Crippen LogP contribution in [0.1, 0.15) is 32.1 Å². The van der Waals surface area contributed by atoms with Crippen LogP contribution in [0.5, 0.6) is 5.75 Å². The Morgan fingerprint density at radius 1 is 1.03 bits per heavy atom. The third kappa shape index (κ3) is 3.42. The van der Waals surface area contributed by atoms with Gasteiger partial charge in [-0.25, -0.2) is 9.37 Å². The highest BCUT2D eigenvalue weighted by molar-refractivity contribution is 5.73. The molecule has 0 spiro atoms. The van der Waals surface area contributed by atoms with E-state index in [9.17, 15) is 9.50 Å². The summed E-state index contributed by atoms with van der Waals surface area (Å²) < 4.78 is 14.2. The molecule has 1 aromatic carbocycles. The van der Waals surface area contributed by atoms with Crippen LogP contribution in [0.2, 0.25) is 0 Å². The molecule has 0 radical (unpaired) electrons. The van der Waals surface area contributed by atoms with E-state index in [4.69, 9.17) is 0 Å². The number of H-pyrrole nitrogens is 1. The Hall–Kier alpha value is -3.07. The smallest absolute Gasteiger partial charge is 0.245 e. The minimum atomic E-state index is -0.759. The van der Waals surface area contributed by atoms with E-state index in [1.54, 1.807) is 24.7 Å². The number of nitrogens with zero attached hydrogens (tertiary/aromatic N) is 5. The third-order valence-electron chi connectivity index (χ3n) is 6.70. The Balaban J connectivity index is 1.25. The molecule has 160 valence electrons. The predicted molar refractivity (Wildman–Crippen MR) is 113 cm³/mol. The monoisotopic (exact) mass is 421 g/mol. The fourth-order valence-electron chi connectivity index (χ4n) is 5.06. The van der Waals surface area contributed by atoms with E-state index in [2.05, 4.69) is 35.6 Å². The van der Waals surface area contributed by atoms with Crippen LogP contribution in [0.25, 0.3) is 22.4 Å². The molecule has 8 nitrogen and oxygen atoms in total. The summed E-state index contributed by atoms with van der Waals surface area (Å²) >= 11 is 0. The van der Waals surface area contributed by atoms with E-state index in [1.807, 2.05) is 12.1 Å². The molecule has 0 amide bonds. The van der Waals surface area contributed by atoms with Crippen molar-refractivity contribution in [1.82, 2.24) is 30.7 Å². The van der Waals surface area contributed by atoms with Crippen LogP contribution < -0.4 is 10.2 Å². The fraction of sp³-hybridized carbons (Fsp3) is 0.455. The van der Waals surface area contributed by atoms with Gasteiger partial charge in [-0.3, -0.25) is 5.10 Å². The first-order chi connectivity index (χ1) is 15.2. The van der Waals surface area contributed by atoms with E-state index in [-0.39, 0.29) is 23.9 Å². The normalized spacial score (nSPS) is 27.4. The summed E-state index contributed by atoms with van der Waals surface area (Å²) in [6, 6.07) is 6.22. The number of benzene rings is 1. The highest BCUT2D eigenvalue weighted by Gasteiger charge is 2.46. The molecule has 2 saturated heterocycles. The summed E-state index contributed by atoms with van der Waals surface area (Å²) in [7, 11) is 0. The van der Waals surface area contributed by atoms with E-state index < -0.39 is 6.17 Å². The van der Waals surface area contributed by atoms with Crippen LogP contribution >= 0.6 is 0 Å². The van der Waals surface area contributed by atoms with E-state index in [1.165, 1.54) is 0 Å². The second-order valence-electron chi connectivity index (χ2n) is 8.85. The number of phenols is 1. The van der Waals surface area contributed by atoms with Gasteiger partial charge in [-0.2, -0.15) is 5.10 Å². The van der Waals surface area contributed by atoms with Crippen LogP contribution in [-0.4, -0.2) is 60.8 Å². The molecule has 4 atom stereocenters. The molecule has 3 N–H and O–H groups in total. The van der Waals surface area contributed by atoms with Gasteiger partial charge in [-0.15, -0.1) is 10.2 Å². The molecule has 1 saturated carbocycles. The number of halogens is 1.